The van der Waals surface area contributed by atoms with E-state index >= 15 is 0 Å². The molecular weight excluding hydrogens is 348 g/mol. The monoisotopic (exact) mass is 384 g/mol. The maximum atomic E-state index is 2.64. The fourth-order valence-electron chi connectivity index (χ4n) is 2.59. The van der Waals surface area contributed by atoms with E-state index in [1.807, 2.05) is 10.1 Å². The van der Waals surface area contributed by atoms with Gasteiger partial charge in [-0.3, -0.25) is 0 Å². The summed E-state index contributed by atoms with van der Waals surface area (Å²) in [6.07, 6.45) is 0. The molecule has 0 aromatic carbocycles. The molecule has 0 aliphatic carbocycles. The van der Waals surface area contributed by atoms with Gasteiger partial charge in [0.25, 0.3) is 0 Å². The van der Waals surface area contributed by atoms with Crippen LogP contribution in [0.4, 0.5) is 0 Å². The zero-order valence-electron chi connectivity index (χ0n) is 17.3. The molecule has 0 bridgehead atoms. The summed E-state index contributed by atoms with van der Waals surface area (Å²) in [5, 5.41) is 3.88. The van der Waals surface area contributed by atoms with Gasteiger partial charge >= 0.3 is 18.9 Å². The van der Waals surface area contributed by atoms with E-state index in [0.717, 1.165) is 0 Å². The minimum absolute atomic E-state index is 0. The Kier molecular flexibility index (Phi) is 7.92. The summed E-state index contributed by atoms with van der Waals surface area (Å²) in [5.74, 6) is 0. The second kappa shape index (κ2) is 7.28. The third-order valence-corrected chi connectivity index (χ3v) is 41.7. The van der Waals surface area contributed by atoms with Crippen molar-refractivity contribution in [3.8, 4) is 0 Å². The van der Waals surface area contributed by atoms with E-state index in [9.17, 15) is 0 Å². The van der Waals surface area contributed by atoms with Crippen LogP contribution in [0.2, 0.25) is 39.3 Å². The van der Waals surface area contributed by atoms with Gasteiger partial charge in [0, 0.05) is 0 Å². The van der Waals surface area contributed by atoms with E-state index in [1.165, 1.54) is 0 Å². The fraction of sp³-hybridized carbons (Fsp3) is 0.875. The average molecular weight is 384 g/mol. The third-order valence-electron chi connectivity index (χ3n) is 3.43. The summed E-state index contributed by atoms with van der Waals surface area (Å²) in [5.41, 5.74) is 0.779. The predicted octanol–water partition coefficient (Wildman–Crippen LogP) is 4.85. The van der Waals surface area contributed by atoms with Crippen molar-refractivity contribution in [3.05, 3.63) is 0 Å². The van der Waals surface area contributed by atoms with Crippen LogP contribution in [0, 0.1) is 10.8 Å². The van der Waals surface area contributed by atoms with Crippen LogP contribution in [0.15, 0.2) is 0 Å². The minimum Gasteiger partial charge on any atom is -0.522 e. The molecule has 0 saturated heterocycles. The molecule has 1 aliphatic rings. The Hall–Kier alpha value is 1.93. The van der Waals surface area contributed by atoms with E-state index in [0.29, 0.717) is 10.8 Å². The first-order chi connectivity index (χ1) is 8.97. The number of rotatable bonds is 2. The van der Waals surface area contributed by atoms with Crippen molar-refractivity contribution in [3.63, 3.8) is 0 Å². The van der Waals surface area contributed by atoms with Crippen LogP contribution in [0.5, 0.6) is 0 Å². The second-order valence-electron chi connectivity index (χ2n) is 10.2. The normalized spacial score (nSPS) is 24.9. The maximum absolute atomic E-state index is 2.64. The molecule has 1 heterocycles. The van der Waals surface area contributed by atoms with E-state index in [4.69, 9.17) is 0 Å². The van der Waals surface area contributed by atoms with Gasteiger partial charge in [-0.2, -0.15) is 10.1 Å². The Bertz CT molecular complexity index is 439. The fourth-order valence-corrected chi connectivity index (χ4v) is 60.6. The molecule has 6 heteroatoms. The van der Waals surface area contributed by atoms with E-state index in [1.54, 1.807) is 7.83 Å². The van der Waals surface area contributed by atoms with Gasteiger partial charge in [-0.1, -0.05) is 80.8 Å². The third kappa shape index (κ3) is 5.46. The molecule has 1 aliphatic heterocycles. The van der Waals surface area contributed by atoms with Gasteiger partial charge < -0.3 is 7.83 Å². The molecule has 0 spiro atoms. The average Bonchev–Trinajstić information content (AvgIpc) is 2.52. The van der Waals surface area contributed by atoms with E-state index in [2.05, 4.69) is 80.8 Å². The molecule has 0 N–H and O–H groups in total. The van der Waals surface area contributed by atoms with Crippen LogP contribution in [0.1, 0.15) is 41.5 Å². The zero-order valence-corrected chi connectivity index (χ0v) is 22.0. The van der Waals surface area contributed by atoms with Crippen LogP contribution in [0.25, 0.3) is 0 Å². The summed E-state index contributed by atoms with van der Waals surface area (Å²) >= 11 is 0. The van der Waals surface area contributed by atoms with Crippen molar-refractivity contribution >= 4 is 47.7 Å². The summed E-state index contributed by atoms with van der Waals surface area (Å²) in [4.78, 5) is 0. The molecule has 0 aromatic heterocycles. The van der Waals surface area contributed by atoms with Gasteiger partial charge in [-0.05, 0) is 10.8 Å². The van der Waals surface area contributed by atoms with Crippen molar-refractivity contribution in [1.82, 2.24) is 0 Å². The van der Waals surface area contributed by atoms with E-state index in [-0.39, 0.29) is 33.2 Å². The van der Waals surface area contributed by atoms with E-state index < -0.39 is 15.5 Å². The minimum atomic E-state index is -1.13. The molecule has 0 saturated carbocycles. The predicted molar refractivity (Wildman–Crippen MR) is 116 cm³/mol. The Morgan fingerprint density at radius 1 is 0.636 bits per heavy atom. The molecule has 1 rings (SSSR count). The first-order valence-electron chi connectivity index (χ1n) is 8.04. The number of hydrogen-bond donors (Lipinski definition) is 0. The van der Waals surface area contributed by atoms with Crippen molar-refractivity contribution in [2.45, 2.75) is 80.8 Å². The summed E-state index contributed by atoms with van der Waals surface area (Å²) in [6.45, 7) is 30.6. The number of hydrogen-bond acceptors (Lipinski definition) is 0. The molecule has 0 fully saturated rings. The van der Waals surface area contributed by atoms with Crippen molar-refractivity contribution < 1.29 is 18.9 Å². The molecule has 0 radical (unpaired) electrons. The molecule has 0 nitrogen and oxygen atoms in total. The van der Waals surface area contributed by atoms with Gasteiger partial charge in [0.2, 0.25) is 0 Å². The van der Waals surface area contributed by atoms with Crippen molar-refractivity contribution in [1.29, 1.82) is 0 Å². The molecule has 2 unspecified atom stereocenters. The Labute approximate surface area is 157 Å². The SMILES string of the molecule is CC(C)(C)C1=[P-]=C(C(C)(C)C)P([Si](C)(C)C)P1[Si](C)(C)C.[Li+]. The van der Waals surface area contributed by atoms with Crippen LogP contribution in [0.3, 0.4) is 0 Å². The van der Waals surface area contributed by atoms with Gasteiger partial charge in [0.05, 0.1) is 15.5 Å². The second-order valence-corrected chi connectivity index (χ2v) is 38.3. The quantitative estimate of drug-likeness (QED) is 0.472. The van der Waals surface area contributed by atoms with Gasteiger partial charge in [-0.25, -0.2) is 0 Å². The smallest absolute Gasteiger partial charge is 0.522 e. The molecule has 0 aromatic rings. The van der Waals surface area contributed by atoms with Crippen molar-refractivity contribution in [2.75, 3.05) is 0 Å². The Balaban J connectivity index is 0.00000441. The summed E-state index contributed by atoms with van der Waals surface area (Å²) in [7, 11) is -0.316. The maximum Gasteiger partial charge on any atom is 1.00 e. The molecule has 0 amide bonds. The van der Waals surface area contributed by atoms with Crippen molar-refractivity contribution in [2.24, 2.45) is 10.8 Å². The standard InChI is InChI=1S/C16H36P3Si2.Li/c1-15(2,3)13-17-14(16(4,5)6)19(21(10,11)12)18(13)20(7,8)9;/h1-12H3;/q-1;+1. The molecular formula is C16H36LiP3Si2. The van der Waals surface area contributed by atoms with Crippen LogP contribution in [-0.4, -0.2) is 25.6 Å². The molecule has 124 valence electrons. The van der Waals surface area contributed by atoms with Gasteiger partial charge in [-0.15, -0.1) is 14.3 Å². The van der Waals surface area contributed by atoms with Crippen LogP contribution >= 0.6 is 22.1 Å². The first kappa shape index (κ1) is 23.9. The zero-order chi connectivity index (χ0) is 17.0. The topological polar surface area (TPSA) is 0 Å². The van der Waals surface area contributed by atoms with Crippen LogP contribution in [-0.2, 0) is 0 Å². The Morgan fingerprint density at radius 2 is 0.864 bits per heavy atom. The first-order valence-corrected chi connectivity index (χ1v) is 21.0. The molecule has 22 heavy (non-hydrogen) atoms. The largest absolute Gasteiger partial charge is 1.00 e. The molecule has 2 atom stereocenters. The Morgan fingerprint density at radius 3 is 1.00 bits per heavy atom. The van der Waals surface area contributed by atoms with Gasteiger partial charge in [0.15, 0.2) is 0 Å². The van der Waals surface area contributed by atoms with Gasteiger partial charge in [0.1, 0.15) is 0 Å². The summed E-state index contributed by atoms with van der Waals surface area (Å²) in [6, 6.07) is 0. The summed E-state index contributed by atoms with van der Waals surface area (Å²) < 4.78 is 0. The van der Waals surface area contributed by atoms with Crippen LogP contribution < -0.4 is 18.9 Å².